The molecule has 0 radical (unpaired) electrons. The van der Waals surface area contributed by atoms with Crippen LogP contribution in [0.3, 0.4) is 0 Å². The van der Waals surface area contributed by atoms with Crippen molar-refractivity contribution in [2.45, 2.75) is 19.3 Å². The Balaban J connectivity index is 1.53. The van der Waals surface area contributed by atoms with Gasteiger partial charge in [-0.2, -0.15) is 0 Å². The van der Waals surface area contributed by atoms with E-state index in [1.807, 2.05) is 36.4 Å². The number of amidine groups is 1. The Morgan fingerprint density at radius 1 is 1.12 bits per heavy atom. The summed E-state index contributed by atoms with van der Waals surface area (Å²) in [7, 11) is 0. The van der Waals surface area contributed by atoms with E-state index in [2.05, 4.69) is 31.0 Å². The zero-order valence-electron chi connectivity index (χ0n) is 14.6. The van der Waals surface area contributed by atoms with Crippen molar-refractivity contribution in [2.75, 3.05) is 31.2 Å². The lowest BCUT2D eigenvalue weighted by atomic mass is 10.1. The average molecular weight is 419 g/mol. The van der Waals surface area contributed by atoms with E-state index in [1.54, 1.807) is 6.20 Å². The van der Waals surface area contributed by atoms with E-state index in [-0.39, 0.29) is 0 Å². The van der Waals surface area contributed by atoms with E-state index in [0.717, 1.165) is 34.7 Å². The van der Waals surface area contributed by atoms with E-state index in [4.69, 9.17) is 15.3 Å². The molecule has 1 aliphatic rings. The van der Waals surface area contributed by atoms with E-state index in [1.165, 1.54) is 19.3 Å². The predicted octanol–water partition coefficient (Wildman–Crippen LogP) is 3.55. The Labute approximate surface area is 162 Å². The molecule has 1 aromatic carbocycles. The van der Waals surface area contributed by atoms with Gasteiger partial charge in [0.05, 0.1) is 5.56 Å². The van der Waals surface area contributed by atoms with Crippen LogP contribution in [-0.2, 0) is 4.84 Å². The number of hydrogen-bond donors (Lipinski definition) is 1. The summed E-state index contributed by atoms with van der Waals surface area (Å²) < 4.78 is 6.60. The van der Waals surface area contributed by atoms with E-state index in [0.29, 0.717) is 19.0 Å². The van der Waals surface area contributed by atoms with Crippen LogP contribution in [0.1, 0.15) is 24.8 Å². The molecule has 0 unspecified atom stereocenters. The van der Waals surface area contributed by atoms with Crippen molar-refractivity contribution >= 4 is 27.6 Å². The molecule has 1 aromatic heterocycles. The lowest BCUT2D eigenvalue weighted by Crippen LogP contribution is -2.32. The second-order valence-electron chi connectivity index (χ2n) is 6.03. The molecule has 0 spiro atoms. The highest BCUT2D eigenvalue weighted by molar-refractivity contribution is 9.10. The number of nitrogens with zero attached hydrogens (tertiary/aromatic N) is 3. The van der Waals surface area contributed by atoms with Crippen LogP contribution < -0.4 is 15.4 Å². The van der Waals surface area contributed by atoms with Gasteiger partial charge in [0, 0.05) is 23.8 Å². The standard InChI is InChI=1S/C19H23BrN4O2/c20-15-6-8-16(9-7-15)25-13-14-26-23-18(21)17-5-4-10-22-19(17)24-11-2-1-3-12-24/h4-10H,1-3,11-14H2,(H2,21,23). The SMILES string of the molecule is N/C(=N/OCCOc1ccc(Br)cc1)c1cccnc1N1CCCCC1. The number of hydrogen-bond acceptors (Lipinski definition) is 5. The third kappa shape index (κ3) is 5.11. The Morgan fingerprint density at radius 3 is 2.65 bits per heavy atom. The molecule has 2 N–H and O–H groups in total. The number of piperidine rings is 1. The summed E-state index contributed by atoms with van der Waals surface area (Å²) in [4.78, 5) is 12.1. The molecular formula is C19H23BrN4O2. The van der Waals surface area contributed by atoms with Gasteiger partial charge < -0.3 is 20.2 Å². The van der Waals surface area contributed by atoms with Gasteiger partial charge >= 0.3 is 0 Å². The molecule has 7 heteroatoms. The number of oxime groups is 1. The number of benzene rings is 1. The van der Waals surface area contributed by atoms with Crippen LogP contribution in [0.2, 0.25) is 0 Å². The molecule has 2 aromatic rings. The van der Waals surface area contributed by atoms with Gasteiger partial charge in [-0.3, -0.25) is 0 Å². The molecule has 2 heterocycles. The molecule has 0 saturated carbocycles. The molecule has 1 fully saturated rings. The third-order valence-electron chi connectivity index (χ3n) is 4.14. The fourth-order valence-electron chi connectivity index (χ4n) is 2.85. The average Bonchev–Trinajstić information content (AvgIpc) is 2.69. The lowest BCUT2D eigenvalue weighted by Gasteiger charge is -2.29. The number of ether oxygens (including phenoxy) is 1. The summed E-state index contributed by atoms with van der Waals surface area (Å²) in [5.74, 6) is 2.00. The van der Waals surface area contributed by atoms with Crippen LogP contribution >= 0.6 is 15.9 Å². The number of aromatic nitrogens is 1. The molecule has 26 heavy (non-hydrogen) atoms. The normalized spacial score (nSPS) is 15.0. The summed E-state index contributed by atoms with van der Waals surface area (Å²) in [6.45, 7) is 2.71. The van der Waals surface area contributed by atoms with Crippen molar-refractivity contribution < 1.29 is 9.57 Å². The highest BCUT2D eigenvalue weighted by atomic mass is 79.9. The first kappa shape index (κ1) is 18.5. The van der Waals surface area contributed by atoms with Gasteiger partial charge in [-0.25, -0.2) is 4.98 Å². The minimum absolute atomic E-state index is 0.316. The second kappa shape index (κ2) is 9.43. The zero-order chi connectivity index (χ0) is 18.2. The van der Waals surface area contributed by atoms with Gasteiger partial charge in [-0.1, -0.05) is 21.1 Å². The molecule has 0 amide bonds. The predicted molar refractivity (Wildman–Crippen MR) is 107 cm³/mol. The smallest absolute Gasteiger partial charge is 0.174 e. The Hall–Kier alpha value is -2.28. The fraction of sp³-hybridized carbons (Fsp3) is 0.368. The number of anilines is 1. The zero-order valence-corrected chi connectivity index (χ0v) is 16.2. The molecule has 6 nitrogen and oxygen atoms in total. The first-order valence-corrected chi connectivity index (χ1v) is 9.57. The lowest BCUT2D eigenvalue weighted by molar-refractivity contribution is 0.107. The Kier molecular flexibility index (Phi) is 6.71. The number of rotatable bonds is 7. The number of pyridine rings is 1. The van der Waals surface area contributed by atoms with Crippen molar-refractivity contribution in [1.82, 2.24) is 4.98 Å². The summed E-state index contributed by atoms with van der Waals surface area (Å²) in [6.07, 6.45) is 5.41. The summed E-state index contributed by atoms with van der Waals surface area (Å²) in [5, 5.41) is 4.04. The maximum Gasteiger partial charge on any atom is 0.174 e. The first-order valence-electron chi connectivity index (χ1n) is 8.78. The Bertz CT molecular complexity index is 731. The monoisotopic (exact) mass is 418 g/mol. The van der Waals surface area contributed by atoms with Gasteiger partial charge in [-0.15, -0.1) is 0 Å². The van der Waals surface area contributed by atoms with E-state index in [9.17, 15) is 0 Å². The molecule has 0 atom stereocenters. The maximum absolute atomic E-state index is 6.12. The minimum Gasteiger partial charge on any atom is -0.490 e. The largest absolute Gasteiger partial charge is 0.490 e. The van der Waals surface area contributed by atoms with Gasteiger partial charge in [0.15, 0.2) is 12.4 Å². The summed E-state index contributed by atoms with van der Waals surface area (Å²) >= 11 is 3.39. The summed E-state index contributed by atoms with van der Waals surface area (Å²) in [5.41, 5.74) is 6.93. The molecule has 3 rings (SSSR count). The fourth-order valence-corrected chi connectivity index (χ4v) is 3.11. The van der Waals surface area contributed by atoms with Crippen LogP contribution in [0.4, 0.5) is 5.82 Å². The molecule has 138 valence electrons. The Morgan fingerprint density at radius 2 is 1.88 bits per heavy atom. The number of nitrogens with two attached hydrogens (primary N) is 1. The third-order valence-corrected chi connectivity index (χ3v) is 4.67. The van der Waals surface area contributed by atoms with Crippen LogP contribution in [0.5, 0.6) is 5.75 Å². The molecule has 0 bridgehead atoms. The van der Waals surface area contributed by atoms with Crippen molar-refractivity contribution in [3.05, 3.63) is 52.6 Å². The van der Waals surface area contributed by atoms with Crippen molar-refractivity contribution in [3.63, 3.8) is 0 Å². The number of halogens is 1. The highest BCUT2D eigenvalue weighted by Gasteiger charge is 2.17. The van der Waals surface area contributed by atoms with Crippen LogP contribution in [0.15, 0.2) is 52.2 Å². The topological polar surface area (TPSA) is 73.0 Å². The quantitative estimate of drug-likeness (QED) is 0.322. The van der Waals surface area contributed by atoms with Crippen molar-refractivity contribution in [2.24, 2.45) is 10.9 Å². The van der Waals surface area contributed by atoms with Gasteiger partial charge in [0.1, 0.15) is 18.2 Å². The maximum atomic E-state index is 6.12. The second-order valence-corrected chi connectivity index (χ2v) is 6.95. The first-order chi connectivity index (χ1) is 12.7. The van der Waals surface area contributed by atoms with E-state index >= 15 is 0 Å². The van der Waals surface area contributed by atoms with Crippen LogP contribution in [0.25, 0.3) is 0 Å². The summed E-state index contributed by atoms with van der Waals surface area (Å²) in [6, 6.07) is 11.4. The van der Waals surface area contributed by atoms with Crippen LogP contribution in [-0.4, -0.2) is 37.1 Å². The van der Waals surface area contributed by atoms with Crippen LogP contribution in [0, 0.1) is 0 Å². The van der Waals surface area contributed by atoms with Gasteiger partial charge in [0.25, 0.3) is 0 Å². The van der Waals surface area contributed by atoms with Crippen molar-refractivity contribution in [1.29, 1.82) is 0 Å². The van der Waals surface area contributed by atoms with Crippen molar-refractivity contribution in [3.8, 4) is 5.75 Å². The highest BCUT2D eigenvalue weighted by Crippen LogP contribution is 2.21. The van der Waals surface area contributed by atoms with E-state index < -0.39 is 0 Å². The molecular weight excluding hydrogens is 396 g/mol. The molecule has 1 aliphatic heterocycles. The van der Waals surface area contributed by atoms with Gasteiger partial charge in [0.2, 0.25) is 0 Å². The molecule has 0 aliphatic carbocycles. The molecule has 1 saturated heterocycles. The van der Waals surface area contributed by atoms with Gasteiger partial charge in [-0.05, 0) is 55.7 Å². The minimum atomic E-state index is 0.316.